The van der Waals surface area contributed by atoms with Gasteiger partial charge in [-0.05, 0) is 60.6 Å². The summed E-state index contributed by atoms with van der Waals surface area (Å²) in [5.74, 6) is -0.494. The zero-order valence-corrected chi connectivity index (χ0v) is 18.3. The van der Waals surface area contributed by atoms with E-state index in [1.165, 1.54) is 12.1 Å². The summed E-state index contributed by atoms with van der Waals surface area (Å²) in [6.07, 6.45) is -2.07. The molecule has 3 atom stereocenters. The van der Waals surface area contributed by atoms with Crippen LogP contribution in [-0.4, -0.2) is 20.6 Å². The van der Waals surface area contributed by atoms with E-state index in [1.54, 1.807) is 12.1 Å². The van der Waals surface area contributed by atoms with Crippen molar-refractivity contribution in [1.82, 2.24) is 5.32 Å². The fraction of sp³-hybridized carbons (Fsp3) is 0.409. The molecule has 0 saturated heterocycles. The highest BCUT2D eigenvalue weighted by molar-refractivity contribution is 7.92. The smallest absolute Gasteiger partial charge is 0.349 e. The molecule has 0 heterocycles. The molecule has 1 aliphatic carbocycles. The quantitative estimate of drug-likeness (QED) is 0.641. The summed E-state index contributed by atoms with van der Waals surface area (Å²) < 4.78 is 63.6. The van der Waals surface area contributed by atoms with Crippen LogP contribution in [0.5, 0.6) is 0 Å². The van der Waals surface area contributed by atoms with Crippen LogP contribution in [0.4, 0.5) is 18.9 Å². The highest BCUT2D eigenvalue weighted by atomic mass is 32.2. The standard InChI is InChI=1S/C22H25F3N2O3S/c1-4-14-11-16(7-10-20(14)27-31(3,29)30)13(2)26-21(28)19-12-18(19)15-5-8-17(9-6-15)22(23,24)25/h5-11,13,18-19,27H,4,12H2,1-3H3,(H,26,28)/t13-,18?,19?/m1/s1. The van der Waals surface area contributed by atoms with E-state index >= 15 is 0 Å². The number of sulfonamides is 1. The van der Waals surface area contributed by atoms with Crippen LogP contribution in [0.1, 0.15) is 54.5 Å². The number of rotatable bonds is 7. The molecule has 5 nitrogen and oxygen atoms in total. The van der Waals surface area contributed by atoms with Gasteiger partial charge in [-0.25, -0.2) is 8.42 Å². The van der Waals surface area contributed by atoms with Crippen molar-refractivity contribution in [3.8, 4) is 0 Å². The van der Waals surface area contributed by atoms with Gasteiger partial charge in [0.1, 0.15) is 0 Å². The van der Waals surface area contributed by atoms with Crippen molar-refractivity contribution in [3.05, 3.63) is 64.7 Å². The van der Waals surface area contributed by atoms with Crippen LogP contribution in [0.25, 0.3) is 0 Å². The molecule has 1 amide bonds. The number of amides is 1. The molecule has 0 spiro atoms. The lowest BCUT2D eigenvalue weighted by molar-refractivity contribution is -0.137. The molecule has 1 saturated carbocycles. The lowest BCUT2D eigenvalue weighted by Gasteiger charge is -2.17. The molecule has 2 unspecified atom stereocenters. The molecular weight excluding hydrogens is 429 g/mol. The van der Waals surface area contributed by atoms with Crippen molar-refractivity contribution < 1.29 is 26.4 Å². The minimum absolute atomic E-state index is 0.0815. The topological polar surface area (TPSA) is 75.3 Å². The van der Waals surface area contributed by atoms with E-state index in [1.807, 2.05) is 19.9 Å². The maximum absolute atomic E-state index is 12.7. The van der Waals surface area contributed by atoms with Gasteiger partial charge < -0.3 is 5.32 Å². The van der Waals surface area contributed by atoms with E-state index in [4.69, 9.17) is 0 Å². The van der Waals surface area contributed by atoms with E-state index in [2.05, 4.69) is 10.0 Å². The summed E-state index contributed by atoms with van der Waals surface area (Å²) in [6, 6.07) is 9.97. The van der Waals surface area contributed by atoms with Gasteiger partial charge in [0.2, 0.25) is 15.9 Å². The Hall–Kier alpha value is -2.55. The van der Waals surface area contributed by atoms with Crippen molar-refractivity contribution in [2.45, 2.75) is 44.8 Å². The summed E-state index contributed by atoms with van der Waals surface area (Å²) in [5.41, 5.74) is 2.20. The fourth-order valence-corrected chi connectivity index (χ4v) is 4.25. The number of benzene rings is 2. The molecule has 2 N–H and O–H groups in total. The number of hydrogen-bond donors (Lipinski definition) is 2. The van der Waals surface area contributed by atoms with Crippen molar-refractivity contribution in [2.24, 2.45) is 5.92 Å². The first-order valence-corrected chi connectivity index (χ1v) is 11.9. The highest BCUT2D eigenvalue weighted by Gasteiger charge is 2.44. The number of nitrogens with one attached hydrogen (secondary N) is 2. The van der Waals surface area contributed by atoms with Crippen LogP contribution in [-0.2, 0) is 27.4 Å². The molecule has 3 rings (SSSR count). The number of hydrogen-bond acceptors (Lipinski definition) is 3. The molecular formula is C22H25F3N2O3S. The Morgan fingerprint density at radius 3 is 2.35 bits per heavy atom. The third-order valence-corrected chi connectivity index (χ3v) is 6.05. The van der Waals surface area contributed by atoms with Crippen LogP contribution in [0.3, 0.4) is 0 Å². The Balaban J connectivity index is 1.63. The van der Waals surface area contributed by atoms with E-state index in [0.29, 0.717) is 18.5 Å². The minimum Gasteiger partial charge on any atom is -0.349 e. The van der Waals surface area contributed by atoms with Gasteiger partial charge in [-0.15, -0.1) is 0 Å². The molecule has 31 heavy (non-hydrogen) atoms. The van der Waals surface area contributed by atoms with Crippen LogP contribution in [0, 0.1) is 5.92 Å². The predicted molar refractivity (Wildman–Crippen MR) is 113 cm³/mol. The van der Waals surface area contributed by atoms with Crippen molar-refractivity contribution in [2.75, 3.05) is 11.0 Å². The Morgan fingerprint density at radius 2 is 1.81 bits per heavy atom. The first-order valence-electron chi connectivity index (χ1n) is 9.97. The second-order valence-electron chi connectivity index (χ2n) is 7.94. The van der Waals surface area contributed by atoms with Gasteiger partial charge in [-0.2, -0.15) is 13.2 Å². The van der Waals surface area contributed by atoms with Crippen LogP contribution in [0.2, 0.25) is 0 Å². The summed E-state index contributed by atoms with van der Waals surface area (Å²) in [5, 5.41) is 2.95. The van der Waals surface area contributed by atoms with Crippen molar-refractivity contribution >= 4 is 21.6 Å². The number of alkyl halides is 3. The van der Waals surface area contributed by atoms with Gasteiger partial charge in [0.15, 0.2) is 0 Å². The average molecular weight is 455 g/mol. The molecule has 2 aromatic rings. The molecule has 0 aliphatic heterocycles. The normalized spacial score (nSPS) is 19.5. The van der Waals surface area contributed by atoms with Gasteiger partial charge >= 0.3 is 6.18 Å². The molecule has 1 aliphatic rings. The maximum atomic E-state index is 12.7. The zero-order chi connectivity index (χ0) is 23.0. The average Bonchev–Trinajstić information content (AvgIpc) is 3.47. The molecule has 9 heteroatoms. The highest BCUT2D eigenvalue weighted by Crippen LogP contribution is 2.48. The molecule has 2 aromatic carbocycles. The lowest BCUT2D eigenvalue weighted by atomic mass is 10.0. The monoisotopic (exact) mass is 454 g/mol. The molecule has 0 bridgehead atoms. The SMILES string of the molecule is CCc1cc([C@@H](C)NC(=O)C2CC2c2ccc(C(F)(F)F)cc2)ccc1NS(C)(=O)=O. The van der Waals surface area contributed by atoms with Gasteiger partial charge in [0, 0.05) is 5.92 Å². The molecule has 168 valence electrons. The van der Waals surface area contributed by atoms with Crippen LogP contribution in [0.15, 0.2) is 42.5 Å². The number of carbonyl (C=O) groups excluding carboxylic acids is 1. The van der Waals surface area contributed by atoms with E-state index in [9.17, 15) is 26.4 Å². The second-order valence-corrected chi connectivity index (χ2v) is 9.69. The Labute approximate surface area is 180 Å². The van der Waals surface area contributed by atoms with E-state index in [-0.39, 0.29) is 23.8 Å². The molecule has 1 fully saturated rings. The van der Waals surface area contributed by atoms with Gasteiger partial charge in [-0.3, -0.25) is 9.52 Å². The largest absolute Gasteiger partial charge is 0.416 e. The van der Waals surface area contributed by atoms with Crippen molar-refractivity contribution in [3.63, 3.8) is 0 Å². The minimum atomic E-state index is -4.38. The Morgan fingerprint density at radius 1 is 1.16 bits per heavy atom. The third-order valence-electron chi connectivity index (χ3n) is 5.46. The first kappa shape index (κ1) is 23.1. The lowest BCUT2D eigenvalue weighted by Crippen LogP contribution is -2.28. The maximum Gasteiger partial charge on any atom is 0.416 e. The summed E-state index contributed by atoms with van der Waals surface area (Å²) in [7, 11) is -3.39. The summed E-state index contributed by atoms with van der Waals surface area (Å²) in [4.78, 5) is 12.6. The number of carbonyl (C=O) groups is 1. The van der Waals surface area contributed by atoms with Crippen LogP contribution < -0.4 is 10.0 Å². The zero-order valence-electron chi connectivity index (χ0n) is 17.5. The fourth-order valence-electron chi connectivity index (χ4n) is 3.65. The second kappa shape index (κ2) is 8.53. The number of halogens is 3. The molecule has 0 radical (unpaired) electrons. The van der Waals surface area contributed by atoms with Gasteiger partial charge in [-0.1, -0.05) is 31.2 Å². The summed E-state index contributed by atoms with van der Waals surface area (Å²) in [6.45, 7) is 3.75. The molecule has 0 aromatic heterocycles. The van der Waals surface area contributed by atoms with Gasteiger partial charge in [0.25, 0.3) is 0 Å². The predicted octanol–water partition coefficient (Wildman–Crippen LogP) is 4.62. The third kappa shape index (κ3) is 5.78. The number of aryl methyl sites for hydroxylation is 1. The van der Waals surface area contributed by atoms with Crippen molar-refractivity contribution in [1.29, 1.82) is 0 Å². The summed E-state index contributed by atoms with van der Waals surface area (Å²) >= 11 is 0. The van der Waals surface area contributed by atoms with E-state index < -0.39 is 21.8 Å². The number of anilines is 1. The van der Waals surface area contributed by atoms with Crippen LogP contribution >= 0.6 is 0 Å². The Kier molecular flexibility index (Phi) is 6.36. The van der Waals surface area contributed by atoms with Gasteiger partial charge in [0.05, 0.1) is 23.5 Å². The first-order chi connectivity index (χ1) is 14.4. The van der Waals surface area contributed by atoms with E-state index in [0.717, 1.165) is 35.1 Å². The Bertz CT molecular complexity index is 1070.